The Labute approximate surface area is 189 Å². The Morgan fingerprint density at radius 1 is 1.12 bits per heavy atom. The summed E-state index contributed by atoms with van der Waals surface area (Å²) in [7, 11) is 0. The molecule has 0 atom stereocenters. The van der Waals surface area contributed by atoms with Crippen molar-refractivity contribution in [3.8, 4) is 16.8 Å². The molecule has 0 aliphatic carbocycles. The second-order valence-electron chi connectivity index (χ2n) is 8.26. The summed E-state index contributed by atoms with van der Waals surface area (Å²) in [6.45, 7) is 4.77. The largest absolute Gasteiger partial charge is 0.478 e. The van der Waals surface area contributed by atoms with Crippen molar-refractivity contribution in [1.82, 2.24) is 4.57 Å². The van der Waals surface area contributed by atoms with Crippen molar-refractivity contribution < 1.29 is 14.3 Å². The van der Waals surface area contributed by atoms with Crippen molar-refractivity contribution in [2.75, 3.05) is 0 Å². The van der Waals surface area contributed by atoms with Crippen LogP contribution in [0.4, 0.5) is 4.39 Å². The Morgan fingerprint density at radius 3 is 2.56 bits per heavy atom. The fourth-order valence-corrected chi connectivity index (χ4v) is 4.67. The second kappa shape index (κ2) is 7.61. The maximum Gasteiger partial charge on any atom is 0.335 e. The number of carboxylic acids is 1. The molecule has 1 aliphatic heterocycles. The van der Waals surface area contributed by atoms with Crippen LogP contribution in [-0.2, 0) is 6.54 Å². The topological polar surface area (TPSA) is 54.6 Å². The van der Waals surface area contributed by atoms with Crippen LogP contribution in [0.5, 0.6) is 0 Å². The smallest absolute Gasteiger partial charge is 0.335 e. The normalized spacial score (nSPS) is 12.7. The Hall–Kier alpha value is -3.44. The molecule has 0 saturated carbocycles. The third-order valence-electron chi connectivity index (χ3n) is 5.87. The summed E-state index contributed by atoms with van der Waals surface area (Å²) in [6, 6.07) is 15.4. The molecule has 0 fully saturated rings. The zero-order valence-electron chi connectivity index (χ0n) is 17.6. The maximum absolute atomic E-state index is 13.7. The molecule has 1 aliphatic rings. The van der Waals surface area contributed by atoms with Gasteiger partial charge in [0.1, 0.15) is 5.82 Å². The first-order valence-corrected chi connectivity index (χ1v) is 10.7. The average Bonchev–Trinajstić information content (AvgIpc) is 3.34. The van der Waals surface area contributed by atoms with Gasteiger partial charge < -0.3 is 9.67 Å². The van der Waals surface area contributed by atoms with Gasteiger partial charge in [0.05, 0.1) is 17.6 Å². The van der Waals surface area contributed by atoms with Gasteiger partial charge in [-0.1, -0.05) is 25.4 Å². The number of fused-ring (bicyclic) bond motifs is 2. The van der Waals surface area contributed by atoms with E-state index in [1.807, 2.05) is 6.21 Å². The molecule has 0 bridgehead atoms. The van der Waals surface area contributed by atoms with Crippen LogP contribution in [0, 0.1) is 5.82 Å². The van der Waals surface area contributed by atoms with Crippen molar-refractivity contribution in [3.63, 3.8) is 0 Å². The first-order chi connectivity index (χ1) is 15.3. The third kappa shape index (κ3) is 3.21. The van der Waals surface area contributed by atoms with Gasteiger partial charge in [0, 0.05) is 39.1 Å². The van der Waals surface area contributed by atoms with Crippen LogP contribution in [0.25, 0.3) is 27.7 Å². The van der Waals surface area contributed by atoms with Gasteiger partial charge in [-0.05, 0) is 71.6 Å². The number of carboxylic acid groups (broad SMARTS) is 1. The molecule has 0 amide bonds. The zero-order chi connectivity index (χ0) is 22.6. The van der Waals surface area contributed by atoms with E-state index in [1.54, 1.807) is 24.3 Å². The van der Waals surface area contributed by atoms with E-state index in [0.717, 1.165) is 39.0 Å². The molecule has 5 rings (SSSR count). The maximum atomic E-state index is 13.7. The minimum absolute atomic E-state index is 0.0792. The van der Waals surface area contributed by atoms with Crippen molar-refractivity contribution in [3.05, 3.63) is 87.8 Å². The fraction of sp³-hybridized carbons (Fsp3) is 0.154. The predicted octanol–water partition coefficient (Wildman–Crippen LogP) is 6.84. The SMILES string of the molecule is CC(C)c1c(-c2cc(C(=O)O)ccc2Cl)c2cc3c(cc2n1-c1ccc(F)cc1)C=NC3. The van der Waals surface area contributed by atoms with Crippen molar-refractivity contribution in [2.45, 2.75) is 26.3 Å². The number of hydrogen-bond acceptors (Lipinski definition) is 2. The number of carbonyl (C=O) groups is 1. The van der Waals surface area contributed by atoms with Gasteiger partial charge in [-0.15, -0.1) is 0 Å². The van der Waals surface area contributed by atoms with Gasteiger partial charge in [0.15, 0.2) is 0 Å². The van der Waals surface area contributed by atoms with E-state index >= 15 is 0 Å². The van der Waals surface area contributed by atoms with Crippen LogP contribution < -0.4 is 0 Å². The zero-order valence-corrected chi connectivity index (χ0v) is 18.3. The summed E-state index contributed by atoms with van der Waals surface area (Å²) in [5.74, 6) is -1.23. The van der Waals surface area contributed by atoms with E-state index < -0.39 is 5.97 Å². The van der Waals surface area contributed by atoms with Gasteiger partial charge >= 0.3 is 5.97 Å². The van der Waals surface area contributed by atoms with Gasteiger partial charge in [-0.2, -0.15) is 0 Å². The summed E-state index contributed by atoms with van der Waals surface area (Å²) in [6.07, 6.45) is 1.86. The predicted molar refractivity (Wildman–Crippen MR) is 126 cm³/mol. The number of aromatic carboxylic acids is 1. The highest BCUT2D eigenvalue weighted by Gasteiger charge is 2.25. The van der Waals surface area contributed by atoms with E-state index in [1.165, 1.54) is 18.2 Å². The highest BCUT2D eigenvalue weighted by atomic mass is 35.5. The highest BCUT2D eigenvalue weighted by molar-refractivity contribution is 6.34. The van der Waals surface area contributed by atoms with Gasteiger partial charge in [-0.3, -0.25) is 4.99 Å². The highest BCUT2D eigenvalue weighted by Crippen LogP contribution is 2.44. The lowest BCUT2D eigenvalue weighted by molar-refractivity contribution is 0.0697. The molecule has 0 spiro atoms. The number of halogens is 2. The number of hydrogen-bond donors (Lipinski definition) is 1. The Morgan fingerprint density at radius 2 is 1.88 bits per heavy atom. The molecule has 0 radical (unpaired) electrons. The number of aromatic nitrogens is 1. The quantitative estimate of drug-likeness (QED) is 0.373. The number of rotatable bonds is 4. The van der Waals surface area contributed by atoms with Crippen LogP contribution in [0.1, 0.15) is 46.9 Å². The van der Waals surface area contributed by atoms with E-state index in [4.69, 9.17) is 11.6 Å². The van der Waals surface area contributed by atoms with Gasteiger partial charge in [0.25, 0.3) is 0 Å². The second-order valence-corrected chi connectivity index (χ2v) is 8.67. The average molecular weight is 447 g/mol. The van der Waals surface area contributed by atoms with Gasteiger partial charge in [0.2, 0.25) is 0 Å². The number of nitrogens with zero attached hydrogens (tertiary/aromatic N) is 2. The summed E-state index contributed by atoms with van der Waals surface area (Å²) >= 11 is 6.63. The molecule has 6 heteroatoms. The monoisotopic (exact) mass is 446 g/mol. The molecule has 0 unspecified atom stereocenters. The Balaban J connectivity index is 1.94. The Bertz CT molecular complexity index is 1420. The van der Waals surface area contributed by atoms with E-state index in [-0.39, 0.29) is 17.3 Å². The van der Waals surface area contributed by atoms with Crippen molar-refractivity contribution >= 4 is 34.7 Å². The molecular weight excluding hydrogens is 427 g/mol. The summed E-state index contributed by atoms with van der Waals surface area (Å²) in [5.41, 5.74) is 6.64. The first-order valence-electron chi connectivity index (χ1n) is 10.4. The lowest BCUT2D eigenvalue weighted by Crippen LogP contribution is -2.04. The molecule has 4 aromatic rings. The van der Waals surface area contributed by atoms with Crippen LogP contribution in [0.3, 0.4) is 0 Å². The standard InChI is InChI=1S/C26H20ClFN2O2/c1-14(2)25-24(20-9-15(26(31)32)3-8-22(20)27)21-10-16-12-29-13-17(16)11-23(21)30(25)19-6-4-18(28)5-7-19/h3-11,13-14H,12H2,1-2H3,(H,31,32). The lowest BCUT2D eigenvalue weighted by atomic mass is 9.94. The van der Waals surface area contributed by atoms with Gasteiger partial charge in [-0.25, -0.2) is 9.18 Å². The molecule has 4 nitrogen and oxygen atoms in total. The minimum Gasteiger partial charge on any atom is -0.478 e. The first kappa shape index (κ1) is 20.5. The van der Waals surface area contributed by atoms with Crippen LogP contribution in [-0.4, -0.2) is 21.9 Å². The molecule has 160 valence electrons. The molecular formula is C26H20ClFN2O2. The van der Waals surface area contributed by atoms with Crippen molar-refractivity contribution in [1.29, 1.82) is 0 Å². The molecule has 0 saturated heterocycles. The fourth-order valence-electron chi connectivity index (χ4n) is 4.46. The molecule has 1 N–H and O–H groups in total. The molecule has 32 heavy (non-hydrogen) atoms. The summed E-state index contributed by atoms with van der Waals surface area (Å²) in [4.78, 5) is 16.1. The third-order valence-corrected chi connectivity index (χ3v) is 6.20. The van der Waals surface area contributed by atoms with E-state index in [9.17, 15) is 14.3 Å². The summed E-state index contributed by atoms with van der Waals surface area (Å²) < 4.78 is 15.8. The Kier molecular flexibility index (Phi) is 4.86. The van der Waals surface area contributed by atoms with E-state index in [0.29, 0.717) is 17.1 Å². The molecule has 2 heterocycles. The lowest BCUT2D eigenvalue weighted by Gasteiger charge is -2.16. The number of benzene rings is 3. The number of aliphatic imine (C=N–C) groups is 1. The summed E-state index contributed by atoms with van der Waals surface area (Å²) in [5, 5.41) is 11.0. The van der Waals surface area contributed by atoms with Crippen LogP contribution in [0.2, 0.25) is 5.02 Å². The van der Waals surface area contributed by atoms with Crippen molar-refractivity contribution in [2.24, 2.45) is 4.99 Å². The molecule has 1 aromatic heterocycles. The minimum atomic E-state index is -1.01. The molecule has 3 aromatic carbocycles. The van der Waals surface area contributed by atoms with Crippen LogP contribution in [0.15, 0.2) is 59.6 Å². The van der Waals surface area contributed by atoms with Crippen LogP contribution >= 0.6 is 11.6 Å². The van der Waals surface area contributed by atoms with E-state index in [2.05, 4.69) is 35.5 Å².